The molecule has 1 aromatic carbocycles. The largest absolute Gasteiger partial charge is 0.473 e. The molecule has 27 heavy (non-hydrogen) atoms. The molecule has 5 rings (SSSR count). The van der Waals surface area contributed by atoms with E-state index in [9.17, 15) is 4.79 Å². The fraction of sp³-hybridized carbons (Fsp3) is 0.286. The highest BCUT2D eigenvalue weighted by molar-refractivity contribution is 8.01. The third kappa shape index (κ3) is 3.14. The van der Waals surface area contributed by atoms with Gasteiger partial charge in [0.15, 0.2) is 0 Å². The Labute approximate surface area is 161 Å². The Bertz CT molecular complexity index is 989. The maximum Gasteiger partial charge on any atom is 0.272 e. The summed E-state index contributed by atoms with van der Waals surface area (Å²) in [6, 6.07) is 17.4. The van der Waals surface area contributed by atoms with E-state index >= 15 is 0 Å². The van der Waals surface area contributed by atoms with Gasteiger partial charge < -0.3 is 9.64 Å². The first-order valence-electron chi connectivity index (χ1n) is 9.08. The second-order valence-corrected chi connectivity index (χ2v) is 8.64. The molecule has 1 amide bonds. The van der Waals surface area contributed by atoms with Crippen LogP contribution in [-0.4, -0.2) is 50.5 Å². The number of carbonyl (C=O) groups is 1. The Morgan fingerprint density at radius 2 is 1.96 bits per heavy atom. The molecule has 4 heterocycles. The van der Waals surface area contributed by atoms with E-state index < -0.39 is 0 Å². The molecular formula is C21H19N3O2S. The van der Waals surface area contributed by atoms with Crippen LogP contribution in [0.5, 0.6) is 5.88 Å². The summed E-state index contributed by atoms with van der Waals surface area (Å²) in [5.41, 5.74) is 1.38. The summed E-state index contributed by atoms with van der Waals surface area (Å²) in [6.07, 6.45) is 2.84. The van der Waals surface area contributed by atoms with Crippen LogP contribution in [0.15, 0.2) is 60.8 Å². The van der Waals surface area contributed by atoms with E-state index in [-0.39, 0.29) is 16.8 Å². The van der Waals surface area contributed by atoms with Crippen LogP contribution in [0.1, 0.15) is 16.9 Å². The quantitative estimate of drug-likeness (QED) is 0.700. The summed E-state index contributed by atoms with van der Waals surface area (Å²) in [5, 5.41) is 1.05. The topological polar surface area (TPSA) is 55.3 Å². The Morgan fingerprint density at radius 3 is 2.81 bits per heavy atom. The first-order valence-corrected chi connectivity index (χ1v) is 10.1. The lowest BCUT2D eigenvalue weighted by atomic mass is 9.92. The van der Waals surface area contributed by atoms with Gasteiger partial charge in [0.2, 0.25) is 5.88 Å². The number of hydrogen-bond acceptors (Lipinski definition) is 5. The maximum absolute atomic E-state index is 12.8. The van der Waals surface area contributed by atoms with Crippen LogP contribution in [0.4, 0.5) is 0 Å². The molecule has 2 aliphatic heterocycles. The van der Waals surface area contributed by atoms with E-state index in [0.29, 0.717) is 11.6 Å². The molecule has 2 aliphatic rings. The van der Waals surface area contributed by atoms with Gasteiger partial charge in [0, 0.05) is 42.9 Å². The predicted octanol–water partition coefficient (Wildman–Crippen LogP) is 3.41. The Hall–Kier alpha value is -2.60. The smallest absolute Gasteiger partial charge is 0.272 e. The highest BCUT2D eigenvalue weighted by atomic mass is 32.2. The average molecular weight is 377 g/mol. The van der Waals surface area contributed by atoms with E-state index in [1.807, 2.05) is 71.3 Å². The first-order chi connectivity index (χ1) is 13.2. The van der Waals surface area contributed by atoms with Gasteiger partial charge in [-0.2, -0.15) is 0 Å². The highest BCUT2D eigenvalue weighted by Crippen LogP contribution is 2.46. The molecule has 136 valence electrons. The van der Waals surface area contributed by atoms with Crippen molar-refractivity contribution in [2.45, 2.75) is 17.3 Å². The third-order valence-electron chi connectivity index (χ3n) is 5.16. The number of nitrogens with zero attached hydrogens (tertiary/aromatic N) is 3. The van der Waals surface area contributed by atoms with Gasteiger partial charge in [-0.3, -0.25) is 4.79 Å². The number of rotatable bonds is 3. The number of fused-ring (bicyclic) bond motifs is 1. The first kappa shape index (κ1) is 16.6. The van der Waals surface area contributed by atoms with Crippen molar-refractivity contribution in [2.75, 3.05) is 18.8 Å². The molecule has 0 unspecified atom stereocenters. The second kappa shape index (κ2) is 6.53. The van der Waals surface area contributed by atoms with Crippen molar-refractivity contribution in [3.8, 4) is 5.88 Å². The summed E-state index contributed by atoms with van der Waals surface area (Å²) in [4.78, 5) is 23.5. The van der Waals surface area contributed by atoms with Crippen molar-refractivity contribution in [1.82, 2.24) is 14.9 Å². The van der Waals surface area contributed by atoms with E-state index in [1.165, 1.54) is 0 Å². The lowest BCUT2D eigenvalue weighted by Crippen LogP contribution is -2.61. The SMILES string of the molecule is O=C(c1ccc2ccccc2n1)N1CC2(C[C@@H](Oc3ccccn3)CS2)C1. The van der Waals surface area contributed by atoms with Crippen LogP contribution >= 0.6 is 11.8 Å². The molecule has 0 aliphatic carbocycles. The van der Waals surface area contributed by atoms with Gasteiger partial charge in [0.1, 0.15) is 11.8 Å². The van der Waals surface area contributed by atoms with Crippen molar-refractivity contribution in [2.24, 2.45) is 0 Å². The number of pyridine rings is 2. The Morgan fingerprint density at radius 1 is 1.11 bits per heavy atom. The maximum atomic E-state index is 12.8. The number of aromatic nitrogens is 2. The lowest BCUT2D eigenvalue weighted by Gasteiger charge is -2.47. The van der Waals surface area contributed by atoms with Crippen molar-refractivity contribution < 1.29 is 9.53 Å². The van der Waals surface area contributed by atoms with Crippen molar-refractivity contribution in [1.29, 1.82) is 0 Å². The second-order valence-electron chi connectivity index (χ2n) is 7.16. The number of thioether (sulfide) groups is 1. The van der Waals surface area contributed by atoms with Gasteiger partial charge in [-0.05, 0) is 18.2 Å². The molecule has 0 saturated carbocycles. The number of hydrogen-bond donors (Lipinski definition) is 0. The number of ether oxygens (including phenoxy) is 1. The fourth-order valence-electron chi connectivity index (χ4n) is 3.83. The molecule has 0 N–H and O–H groups in total. The van der Waals surface area contributed by atoms with Gasteiger partial charge in [-0.1, -0.05) is 30.3 Å². The number of likely N-dealkylation sites (tertiary alicyclic amines) is 1. The van der Waals surface area contributed by atoms with Gasteiger partial charge in [-0.25, -0.2) is 9.97 Å². The molecule has 3 aromatic rings. The van der Waals surface area contributed by atoms with Crippen molar-refractivity contribution >= 4 is 28.6 Å². The summed E-state index contributed by atoms with van der Waals surface area (Å²) in [6.45, 7) is 1.51. The zero-order valence-electron chi connectivity index (χ0n) is 14.7. The number of carbonyl (C=O) groups excluding carboxylic acids is 1. The molecule has 0 bridgehead atoms. The van der Waals surface area contributed by atoms with Gasteiger partial charge >= 0.3 is 0 Å². The van der Waals surface area contributed by atoms with Gasteiger partial charge in [-0.15, -0.1) is 11.8 Å². The number of amides is 1. The normalized spacial score (nSPS) is 20.6. The average Bonchev–Trinajstić information content (AvgIpc) is 3.11. The molecule has 2 aromatic heterocycles. The van der Waals surface area contributed by atoms with E-state index in [2.05, 4.69) is 9.97 Å². The number of para-hydroxylation sites is 1. The van der Waals surface area contributed by atoms with Crippen LogP contribution in [-0.2, 0) is 0 Å². The summed E-state index contributed by atoms with van der Waals surface area (Å²) >= 11 is 1.91. The highest BCUT2D eigenvalue weighted by Gasteiger charge is 2.51. The molecule has 1 spiro atoms. The van der Waals surface area contributed by atoms with Crippen LogP contribution in [0.25, 0.3) is 10.9 Å². The van der Waals surface area contributed by atoms with Crippen molar-refractivity contribution in [3.05, 3.63) is 66.5 Å². The standard InChI is InChI=1S/C21H19N3O2S/c25-20(18-9-8-15-5-1-2-6-17(15)23-18)24-13-21(14-24)11-16(12-27-21)26-19-7-3-4-10-22-19/h1-10,16H,11-14H2/t16-/m1/s1. The lowest BCUT2D eigenvalue weighted by molar-refractivity contribution is 0.0510. The Kier molecular flexibility index (Phi) is 4.01. The minimum absolute atomic E-state index is 0.0149. The molecule has 2 saturated heterocycles. The third-order valence-corrected chi connectivity index (χ3v) is 6.74. The molecule has 0 radical (unpaired) electrons. The summed E-state index contributed by atoms with van der Waals surface area (Å²) < 4.78 is 6.10. The van der Waals surface area contributed by atoms with Gasteiger partial charge in [0.25, 0.3) is 5.91 Å². The van der Waals surface area contributed by atoms with Crippen LogP contribution < -0.4 is 4.74 Å². The molecule has 2 fully saturated rings. The summed E-state index contributed by atoms with van der Waals surface area (Å²) in [5.74, 6) is 1.63. The zero-order valence-corrected chi connectivity index (χ0v) is 15.6. The fourth-order valence-corrected chi connectivity index (χ4v) is 5.35. The predicted molar refractivity (Wildman–Crippen MR) is 106 cm³/mol. The minimum atomic E-state index is 0.0149. The van der Waals surface area contributed by atoms with E-state index in [0.717, 1.165) is 36.2 Å². The minimum Gasteiger partial charge on any atom is -0.473 e. The van der Waals surface area contributed by atoms with E-state index in [1.54, 1.807) is 6.20 Å². The van der Waals surface area contributed by atoms with Gasteiger partial charge in [0.05, 0.1) is 10.3 Å². The van der Waals surface area contributed by atoms with Crippen LogP contribution in [0.2, 0.25) is 0 Å². The Balaban J connectivity index is 1.23. The summed E-state index contributed by atoms with van der Waals surface area (Å²) in [7, 11) is 0. The van der Waals surface area contributed by atoms with Crippen molar-refractivity contribution in [3.63, 3.8) is 0 Å². The number of benzene rings is 1. The van der Waals surface area contributed by atoms with Crippen LogP contribution in [0, 0.1) is 0 Å². The molecule has 5 nitrogen and oxygen atoms in total. The monoisotopic (exact) mass is 377 g/mol. The van der Waals surface area contributed by atoms with Crippen LogP contribution in [0.3, 0.4) is 0 Å². The molecule has 1 atom stereocenters. The molecular weight excluding hydrogens is 358 g/mol. The molecule has 6 heteroatoms. The van der Waals surface area contributed by atoms with E-state index in [4.69, 9.17) is 4.74 Å². The zero-order chi connectivity index (χ0) is 18.3.